The number of nitrogens with zero attached hydrogens (tertiary/aromatic N) is 3. The highest BCUT2D eigenvalue weighted by molar-refractivity contribution is 5.80. The van der Waals surface area contributed by atoms with Crippen LogP contribution in [-0.4, -0.2) is 61.2 Å². The predicted octanol–water partition coefficient (Wildman–Crippen LogP) is 1.47. The fraction of sp³-hybridized carbons (Fsp3) is 0.368. The number of benzene rings is 1. The van der Waals surface area contributed by atoms with Crippen molar-refractivity contribution in [2.24, 2.45) is 11.3 Å². The Bertz CT molecular complexity index is 784. The van der Waals surface area contributed by atoms with Crippen LogP contribution in [0.25, 0.3) is 11.3 Å². The van der Waals surface area contributed by atoms with Crippen LogP contribution in [0.3, 0.4) is 0 Å². The zero-order chi connectivity index (χ0) is 19.3. The SMILES string of the molecule is COC(=O)[C@@]12COC[C@@H]1CN(c1ccc(-c3ccccc3)nn1)C2.O=CO. The van der Waals surface area contributed by atoms with Gasteiger partial charge in [-0.15, -0.1) is 10.2 Å². The second kappa shape index (κ2) is 8.13. The van der Waals surface area contributed by atoms with Gasteiger partial charge in [0.05, 0.1) is 26.0 Å². The first-order valence-corrected chi connectivity index (χ1v) is 8.52. The van der Waals surface area contributed by atoms with Crippen LogP contribution in [0, 0.1) is 11.3 Å². The molecule has 0 saturated carbocycles. The van der Waals surface area contributed by atoms with Crippen LogP contribution in [0.15, 0.2) is 42.5 Å². The van der Waals surface area contributed by atoms with E-state index in [1.54, 1.807) is 0 Å². The highest BCUT2D eigenvalue weighted by atomic mass is 16.5. The van der Waals surface area contributed by atoms with Crippen LogP contribution < -0.4 is 4.90 Å². The summed E-state index contributed by atoms with van der Waals surface area (Å²) in [5.41, 5.74) is 1.30. The summed E-state index contributed by atoms with van der Waals surface area (Å²) >= 11 is 0. The third kappa shape index (κ3) is 3.61. The summed E-state index contributed by atoms with van der Waals surface area (Å²) in [7, 11) is 1.43. The van der Waals surface area contributed by atoms with Gasteiger partial charge in [-0.05, 0) is 12.1 Å². The van der Waals surface area contributed by atoms with Crippen molar-refractivity contribution in [1.29, 1.82) is 0 Å². The first-order chi connectivity index (χ1) is 13.1. The van der Waals surface area contributed by atoms with Gasteiger partial charge in [-0.25, -0.2) is 0 Å². The summed E-state index contributed by atoms with van der Waals surface area (Å²) in [6.45, 7) is 2.04. The Morgan fingerprint density at radius 1 is 1.30 bits per heavy atom. The van der Waals surface area contributed by atoms with Crippen molar-refractivity contribution in [3.05, 3.63) is 42.5 Å². The summed E-state index contributed by atoms with van der Waals surface area (Å²) in [5.74, 6) is 0.731. The van der Waals surface area contributed by atoms with Crippen LogP contribution in [0.1, 0.15) is 0 Å². The first kappa shape index (κ1) is 18.8. The van der Waals surface area contributed by atoms with E-state index in [1.807, 2.05) is 42.5 Å². The minimum Gasteiger partial charge on any atom is -0.483 e. The number of methoxy groups -OCH3 is 1. The Morgan fingerprint density at radius 3 is 2.67 bits per heavy atom. The number of esters is 1. The molecular weight excluding hydrogens is 350 g/mol. The van der Waals surface area contributed by atoms with E-state index in [1.165, 1.54) is 7.11 Å². The van der Waals surface area contributed by atoms with Gasteiger partial charge >= 0.3 is 5.97 Å². The third-order valence-corrected chi connectivity index (χ3v) is 5.01. The molecule has 4 rings (SSSR count). The predicted molar refractivity (Wildman–Crippen MR) is 97.1 cm³/mol. The summed E-state index contributed by atoms with van der Waals surface area (Å²) in [5, 5.41) is 15.6. The lowest BCUT2D eigenvalue weighted by molar-refractivity contribution is -0.152. The molecule has 2 saturated heterocycles. The summed E-state index contributed by atoms with van der Waals surface area (Å²) in [6.07, 6.45) is 0. The van der Waals surface area contributed by atoms with Crippen molar-refractivity contribution in [2.75, 3.05) is 38.3 Å². The summed E-state index contributed by atoms with van der Waals surface area (Å²) < 4.78 is 10.6. The maximum atomic E-state index is 12.3. The van der Waals surface area contributed by atoms with E-state index < -0.39 is 5.41 Å². The molecule has 2 aromatic rings. The van der Waals surface area contributed by atoms with Gasteiger partial charge in [0.15, 0.2) is 5.82 Å². The van der Waals surface area contributed by atoms with E-state index in [9.17, 15) is 4.79 Å². The van der Waals surface area contributed by atoms with Gasteiger partial charge in [0.2, 0.25) is 0 Å². The number of ether oxygens (including phenoxy) is 2. The molecule has 3 heterocycles. The van der Waals surface area contributed by atoms with Gasteiger partial charge in [0.1, 0.15) is 5.41 Å². The molecule has 142 valence electrons. The van der Waals surface area contributed by atoms with Crippen molar-refractivity contribution in [2.45, 2.75) is 0 Å². The Balaban J connectivity index is 0.000000659. The average Bonchev–Trinajstić information content (AvgIpc) is 3.27. The molecule has 2 aliphatic heterocycles. The molecule has 0 amide bonds. The Morgan fingerprint density at radius 2 is 2.04 bits per heavy atom. The maximum Gasteiger partial charge on any atom is 0.316 e. The number of hydrogen-bond donors (Lipinski definition) is 1. The molecule has 2 fully saturated rings. The second-order valence-electron chi connectivity index (χ2n) is 6.49. The van der Waals surface area contributed by atoms with Gasteiger partial charge < -0.3 is 19.5 Å². The maximum absolute atomic E-state index is 12.3. The molecule has 2 aliphatic rings. The van der Waals surface area contributed by atoms with Crippen LogP contribution in [0.2, 0.25) is 0 Å². The molecule has 0 spiro atoms. The number of carboxylic acid groups (broad SMARTS) is 1. The van der Waals surface area contributed by atoms with Crippen molar-refractivity contribution in [3.8, 4) is 11.3 Å². The Labute approximate surface area is 156 Å². The van der Waals surface area contributed by atoms with E-state index in [-0.39, 0.29) is 18.4 Å². The van der Waals surface area contributed by atoms with Crippen molar-refractivity contribution in [3.63, 3.8) is 0 Å². The zero-order valence-corrected chi connectivity index (χ0v) is 14.9. The summed E-state index contributed by atoms with van der Waals surface area (Å²) in [4.78, 5) is 22.7. The lowest BCUT2D eigenvalue weighted by atomic mass is 9.81. The minimum atomic E-state index is -0.575. The number of carbonyl (C=O) groups excluding carboxylic acids is 1. The summed E-state index contributed by atoms with van der Waals surface area (Å²) in [6, 6.07) is 13.9. The van der Waals surface area contributed by atoms with Crippen LogP contribution in [0.5, 0.6) is 0 Å². The van der Waals surface area contributed by atoms with Crippen molar-refractivity contribution >= 4 is 18.3 Å². The molecule has 0 bridgehead atoms. The van der Waals surface area contributed by atoms with Gasteiger partial charge in [-0.3, -0.25) is 9.59 Å². The number of anilines is 1. The van der Waals surface area contributed by atoms with E-state index >= 15 is 0 Å². The molecule has 27 heavy (non-hydrogen) atoms. The van der Waals surface area contributed by atoms with E-state index in [0.29, 0.717) is 19.8 Å². The van der Waals surface area contributed by atoms with Gasteiger partial charge in [-0.1, -0.05) is 30.3 Å². The van der Waals surface area contributed by atoms with Gasteiger partial charge in [0, 0.05) is 24.6 Å². The highest BCUT2D eigenvalue weighted by Crippen LogP contribution is 2.43. The van der Waals surface area contributed by atoms with Crippen LogP contribution in [0.4, 0.5) is 5.82 Å². The zero-order valence-electron chi connectivity index (χ0n) is 14.9. The molecular formula is C19H21N3O5. The molecule has 0 radical (unpaired) electrons. The van der Waals surface area contributed by atoms with E-state index in [2.05, 4.69) is 15.1 Å². The molecule has 8 heteroatoms. The van der Waals surface area contributed by atoms with Gasteiger partial charge in [-0.2, -0.15) is 0 Å². The smallest absolute Gasteiger partial charge is 0.316 e. The Kier molecular flexibility index (Phi) is 5.66. The second-order valence-corrected chi connectivity index (χ2v) is 6.49. The van der Waals surface area contributed by atoms with Crippen molar-refractivity contribution < 1.29 is 24.2 Å². The van der Waals surface area contributed by atoms with Crippen molar-refractivity contribution in [1.82, 2.24) is 10.2 Å². The highest BCUT2D eigenvalue weighted by Gasteiger charge is 2.57. The molecule has 1 N–H and O–H groups in total. The fourth-order valence-corrected chi connectivity index (χ4v) is 3.66. The fourth-order valence-electron chi connectivity index (χ4n) is 3.66. The van der Waals surface area contributed by atoms with Crippen LogP contribution in [-0.2, 0) is 19.1 Å². The Hall–Kier alpha value is -3.00. The van der Waals surface area contributed by atoms with Crippen LogP contribution >= 0.6 is 0 Å². The largest absolute Gasteiger partial charge is 0.483 e. The molecule has 1 aromatic heterocycles. The molecule has 2 atom stereocenters. The molecule has 0 aliphatic carbocycles. The monoisotopic (exact) mass is 371 g/mol. The first-order valence-electron chi connectivity index (χ1n) is 8.52. The molecule has 1 aromatic carbocycles. The topological polar surface area (TPSA) is 102 Å². The van der Waals surface area contributed by atoms with E-state index in [0.717, 1.165) is 23.6 Å². The number of carbonyl (C=O) groups is 2. The quantitative estimate of drug-likeness (QED) is 0.639. The lowest BCUT2D eigenvalue weighted by Gasteiger charge is -2.24. The molecule has 8 nitrogen and oxygen atoms in total. The molecule has 0 unspecified atom stereocenters. The normalized spacial score (nSPS) is 23.1. The average molecular weight is 371 g/mol. The number of rotatable bonds is 3. The third-order valence-electron chi connectivity index (χ3n) is 5.01. The minimum absolute atomic E-state index is 0.139. The lowest BCUT2D eigenvalue weighted by Crippen LogP contribution is -2.40. The standard InChI is InChI=1S/C18H19N3O3.CH2O2/c1-23-17(22)18-11-21(9-14(18)10-24-12-18)16-8-7-15(19-20-16)13-5-3-2-4-6-13;2-1-3/h2-8,14H,9-12H2,1H3;1H,(H,2,3)/t14-,18-;/m0./s1. The number of aromatic nitrogens is 2. The van der Waals surface area contributed by atoms with Gasteiger partial charge in [0.25, 0.3) is 6.47 Å². The van der Waals surface area contributed by atoms with E-state index in [4.69, 9.17) is 19.4 Å². The number of hydrogen-bond acceptors (Lipinski definition) is 7. The number of fused-ring (bicyclic) bond motifs is 1.